The maximum absolute atomic E-state index is 12.6. The average molecular weight is 787 g/mol. The summed E-state index contributed by atoms with van der Waals surface area (Å²) in [7, 11) is -4.63. The number of allylic oxidation sites excluding steroid dienone is 4. The van der Waals surface area contributed by atoms with Gasteiger partial charge in [-0.3, -0.25) is 18.6 Å². The van der Waals surface area contributed by atoms with Crippen molar-refractivity contribution in [3.63, 3.8) is 0 Å². The van der Waals surface area contributed by atoms with Crippen molar-refractivity contribution < 1.29 is 52.5 Å². The smallest absolute Gasteiger partial charge is 0.462 e. The van der Waals surface area contributed by atoms with Crippen LogP contribution in [0.3, 0.4) is 0 Å². The lowest BCUT2D eigenvalue weighted by molar-refractivity contribution is -0.161. The molecule has 1 rings (SSSR count). The first-order valence-electron chi connectivity index (χ1n) is 20.9. The van der Waals surface area contributed by atoms with Crippen LogP contribution >= 0.6 is 7.82 Å². The molecule has 0 radical (unpaired) electrons. The Hall–Kier alpha value is -1.85. The summed E-state index contributed by atoms with van der Waals surface area (Å²) in [5.74, 6) is -0.218. The van der Waals surface area contributed by atoms with Gasteiger partial charge in [-0.15, -0.1) is 0 Å². The molecular weight excluding hydrogens is 711 g/mol. The van der Waals surface area contributed by atoms with Crippen molar-refractivity contribution in [3.8, 4) is 0 Å². The second kappa shape index (κ2) is 33.3. The largest absolute Gasteiger partial charge is 0.472 e. The quantitative estimate of drug-likeness (QED) is 0.0181. The number of carbonyl (C=O) groups excluding carboxylic acids is 2. The van der Waals surface area contributed by atoms with Gasteiger partial charge in [-0.2, -0.15) is 0 Å². The highest BCUT2D eigenvalue weighted by Gasteiger charge is 2.36. The van der Waals surface area contributed by atoms with E-state index in [1.54, 1.807) is 0 Å². The summed E-state index contributed by atoms with van der Waals surface area (Å²) in [5.41, 5.74) is 0. The van der Waals surface area contributed by atoms with Gasteiger partial charge in [0.1, 0.15) is 12.7 Å². The van der Waals surface area contributed by atoms with Crippen LogP contribution in [0.2, 0.25) is 0 Å². The summed E-state index contributed by atoms with van der Waals surface area (Å²) in [5, 5.41) is 18.3. The van der Waals surface area contributed by atoms with Crippen molar-refractivity contribution in [2.45, 2.75) is 186 Å². The second-order valence-corrected chi connectivity index (χ2v) is 16.3. The van der Waals surface area contributed by atoms with Gasteiger partial charge in [-0.1, -0.05) is 134 Å². The van der Waals surface area contributed by atoms with Gasteiger partial charge in [0.15, 0.2) is 6.10 Å². The lowest BCUT2D eigenvalue weighted by Gasteiger charge is -2.20. The van der Waals surface area contributed by atoms with Crippen LogP contribution in [-0.2, 0) is 37.4 Å². The lowest BCUT2D eigenvalue weighted by Crippen LogP contribution is -2.29. The number of hydrogen-bond donors (Lipinski definition) is 3. The molecule has 3 unspecified atom stereocenters. The van der Waals surface area contributed by atoms with E-state index in [0.29, 0.717) is 19.3 Å². The number of rotatable bonds is 37. The molecular formula is C42H75O11P. The van der Waals surface area contributed by atoms with Crippen molar-refractivity contribution >= 4 is 19.8 Å². The minimum Gasteiger partial charge on any atom is -0.462 e. The van der Waals surface area contributed by atoms with E-state index in [-0.39, 0.29) is 31.7 Å². The van der Waals surface area contributed by atoms with Crippen LogP contribution in [-0.4, -0.2) is 77.9 Å². The van der Waals surface area contributed by atoms with E-state index in [2.05, 4.69) is 55.7 Å². The van der Waals surface area contributed by atoms with Crippen molar-refractivity contribution in [2.75, 3.05) is 26.4 Å². The molecule has 0 saturated carbocycles. The van der Waals surface area contributed by atoms with E-state index in [1.165, 1.54) is 64.2 Å². The topological polar surface area (TPSA) is 161 Å². The molecule has 12 heteroatoms. The van der Waals surface area contributed by atoms with Gasteiger partial charge in [0.2, 0.25) is 0 Å². The molecule has 1 saturated heterocycles. The number of aliphatic hydroxyl groups excluding tert-OH is 2. The predicted molar refractivity (Wildman–Crippen MR) is 214 cm³/mol. The van der Waals surface area contributed by atoms with Gasteiger partial charge in [-0.25, -0.2) is 4.57 Å². The van der Waals surface area contributed by atoms with Crippen molar-refractivity contribution in [1.29, 1.82) is 0 Å². The third kappa shape index (κ3) is 31.4. The van der Waals surface area contributed by atoms with Crippen LogP contribution in [0.15, 0.2) is 36.5 Å². The third-order valence-corrected chi connectivity index (χ3v) is 10.1. The molecule has 11 nitrogen and oxygen atoms in total. The number of ether oxygens (including phenoxy) is 3. The van der Waals surface area contributed by atoms with Crippen molar-refractivity contribution in [2.24, 2.45) is 5.92 Å². The van der Waals surface area contributed by atoms with Crippen LogP contribution in [0.1, 0.15) is 162 Å². The van der Waals surface area contributed by atoms with Gasteiger partial charge in [0.05, 0.1) is 32.0 Å². The van der Waals surface area contributed by atoms with E-state index in [9.17, 15) is 24.2 Å². The molecule has 0 bridgehead atoms. The minimum absolute atomic E-state index is 0.158. The Morgan fingerprint density at radius 1 is 0.704 bits per heavy atom. The molecule has 0 aromatic carbocycles. The number of carbonyl (C=O) groups is 2. The first-order valence-corrected chi connectivity index (χ1v) is 22.4. The number of phosphoric ester groups is 1. The molecule has 0 spiro atoms. The monoisotopic (exact) mass is 787 g/mol. The fraction of sp³-hybridized carbons (Fsp3) is 0.810. The number of esters is 2. The molecule has 3 N–H and O–H groups in total. The van der Waals surface area contributed by atoms with Gasteiger partial charge >= 0.3 is 19.8 Å². The standard InChI is InChI=1S/C42H75O11P/c1-4-5-6-7-8-11-15-18-23-28-39-40(53-39)29-24-20-21-25-30-41(45)49-34-38(35-51-54(47,48)50-33-37(44)32-43)52-42(46)31-26-19-16-13-10-9-12-14-17-22-27-36(2)3/h8,11,18,20,23-24,36-40,43-44H,4-7,9-10,12-17,19,21-22,25-35H2,1-3H3,(H,47,48)/b11-8-,23-18-,24-20-/t37-,38+,39?,40?/m0/s1. The zero-order valence-electron chi connectivity index (χ0n) is 33.8. The summed E-state index contributed by atoms with van der Waals surface area (Å²) in [4.78, 5) is 35.0. The molecule has 54 heavy (non-hydrogen) atoms. The normalized spacial score (nSPS) is 18.1. The Morgan fingerprint density at radius 2 is 1.26 bits per heavy atom. The first-order chi connectivity index (χ1) is 26.1. The Bertz CT molecular complexity index is 1080. The maximum Gasteiger partial charge on any atom is 0.472 e. The zero-order chi connectivity index (χ0) is 39.7. The van der Waals surface area contributed by atoms with Crippen LogP contribution in [0.5, 0.6) is 0 Å². The van der Waals surface area contributed by atoms with E-state index in [4.69, 9.17) is 23.8 Å². The molecule has 314 valence electrons. The first kappa shape index (κ1) is 50.2. The van der Waals surface area contributed by atoms with E-state index >= 15 is 0 Å². The van der Waals surface area contributed by atoms with Crippen LogP contribution < -0.4 is 0 Å². The van der Waals surface area contributed by atoms with Crippen LogP contribution in [0.4, 0.5) is 0 Å². The van der Waals surface area contributed by atoms with Crippen LogP contribution in [0, 0.1) is 5.92 Å². The number of phosphoric acid groups is 1. The highest BCUT2D eigenvalue weighted by atomic mass is 31.2. The molecule has 1 fully saturated rings. The minimum atomic E-state index is -4.63. The lowest BCUT2D eigenvalue weighted by atomic mass is 10.0. The number of aliphatic hydroxyl groups is 2. The molecule has 0 aromatic rings. The Morgan fingerprint density at radius 3 is 1.91 bits per heavy atom. The van der Waals surface area contributed by atoms with Gasteiger partial charge in [0.25, 0.3) is 0 Å². The van der Waals surface area contributed by atoms with Crippen LogP contribution in [0.25, 0.3) is 0 Å². The molecule has 1 heterocycles. The number of epoxide rings is 1. The van der Waals surface area contributed by atoms with E-state index in [1.807, 2.05) is 6.08 Å². The van der Waals surface area contributed by atoms with E-state index in [0.717, 1.165) is 50.9 Å². The molecule has 5 atom stereocenters. The molecule has 1 aliphatic heterocycles. The molecule has 0 aliphatic carbocycles. The van der Waals surface area contributed by atoms with Gasteiger partial charge in [0, 0.05) is 12.8 Å². The Kier molecular flexibility index (Phi) is 30.9. The van der Waals surface area contributed by atoms with Gasteiger partial charge < -0.3 is 29.3 Å². The second-order valence-electron chi connectivity index (χ2n) is 14.9. The van der Waals surface area contributed by atoms with Crippen molar-refractivity contribution in [3.05, 3.63) is 36.5 Å². The van der Waals surface area contributed by atoms with Gasteiger partial charge in [-0.05, 0) is 57.3 Å². The summed E-state index contributed by atoms with van der Waals surface area (Å²) in [6.07, 6.45) is 32.9. The fourth-order valence-electron chi connectivity index (χ4n) is 5.74. The highest BCUT2D eigenvalue weighted by Crippen LogP contribution is 2.43. The fourth-order valence-corrected chi connectivity index (χ4v) is 6.53. The Labute approximate surface area is 326 Å². The number of hydrogen-bond acceptors (Lipinski definition) is 10. The predicted octanol–water partition coefficient (Wildman–Crippen LogP) is 9.62. The average Bonchev–Trinajstić information content (AvgIpc) is 3.90. The maximum atomic E-state index is 12.6. The zero-order valence-corrected chi connectivity index (χ0v) is 34.7. The molecule has 1 aliphatic rings. The third-order valence-electron chi connectivity index (χ3n) is 9.13. The van der Waals surface area contributed by atoms with Crippen molar-refractivity contribution in [1.82, 2.24) is 0 Å². The Balaban J connectivity index is 2.31. The summed E-state index contributed by atoms with van der Waals surface area (Å²) < 4.78 is 38.4. The molecule has 0 aromatic heterocycles. The summed E-state index contributed by atoms with van der Waals surface area (Å²) in [6.45, 7) is 4.56. The SMILES string of the molecule is CCCCC/C=C\C/C=C\CC1OC1C/C=C\CCCC(=O)OC[C@H](COP(=O)(O)OC[C@@H](O)CO)OC(=O)CCCCCCCCCCCCC(C)C. The number of unbranched alkanes of at least 4 members (excludes halogenated alkanes) is 13. The van der Waals surface area contributed by atoms with E-state index < -0.39 is 51.8 Å². The highest BCUT2D eigenvalue weighted by molar-refractivity contribution is 7.47. The summed E-state index contributed by atoms with van der Waals surface area (Å²) >= 11 is 0. The molecule has 0 amide bonds. The summed E-state index contributed by atoms with van der Waals surface area (Å²) in [6, 6.07) is 0.